The molecule has 0 fully saturated rings. The maximum atomic E-state index is 11.6. The first-order valence-electron chi connectivity index (χ1n) is 5.65. The summed E-state index contributed by atoms with van der Waals surface area (Å²) in [6, 6.07) is 9.05. The van der Waals surface area contributed by atoms with Crippen LogP contribution in [0.1, 0.15) is 15.9 Å². The van der Waals surface area contributed by atoms with E-state index < -0.39 is 4.92 Å². The van der Waals surface area contributed by atoms with Crippen LogP contribution in [0.5, 0.6) is 0 Å². The normalized spacial score (nSPS) is 10.4. The molecule has 1 N–H and O–H groups in total. The van der Waals surface area contributed by atoms with Gasteiger partial charge in [-0.3, -0.25) is 19.9 Å². The van der Waals surface area contributed by atoms with E-state index in [1.165, 1.54) is 30.7 Å². The third kappa shape index (κ3) is 3.45. The fourth-order valence-corrected chi connectivity index (χ4v) is 1.45. The van der Waals surface area contributed by atoms with Crippen molar-refractivity contribution in [3.63, 3.8) is 0 Å². The maximum Gasteiger partial charge on any atom is 0.271 e. The number of hydrazone groups is 1. The van der Waals surface area contributed by atoms with E-state index in [2.05, 4.69) is 15.5 Å². The Hall–Kier alpha value is -3.09. The number of carbonyl (C=O) groups is 1. The average molecular weight is 270 g/mol. The third-order valence-corrected chi connectivity index (χ3v) is 2.40. The Morgan fingerprint density at radius 1 is 1.30 bits per heavy atom. The number of nitro groups is 1. The van der Waals surface area contributed by atoms with Crippen LogP contribution in [-0.2, 0) is 0 Å². The van der Waals surface area contributed by atoms with Crippen LogP contribution in [0, 0.1) is 10.1 Å². The molecule has 2 aromatic rings. The van der Waals surface area contributed by atoms with Gasteiger partial charge in [-0.15, -0.1) is 0 Å². The van der Waals surface area contributed by atoms with Gasteiger partial charge in [0.25, 0.3) is 11.6 Å². The lowest BCUT2D eigenvalue weighted by atomic mass is 10.2. The first kappa shape index (κ1) is 13.3. The molecule has 1 aromatic heterocycles. The minimum absolute atomic E-state index is 0.0330. The van der Waals surface area contributed by atoms with Gasteiger partial charge in [-0.1, -0.05) is 12.1 Å². The molecule has 7 heteroatoms. The highest BCUT2D eigenvalue weighted by Crippen LogP contribution is 2.11. The highest BCUT2D eigenvalue weighted by Gasteiger charge is 2.05. The Morgan fingerprint density at radius 2 is 2.05 bits per heavy atom. The molecule has 0 radical (unpaired) electrons. The number of hydrogen-bond donors (Lipinski definition) is 1. The molecule has 1 aromatic carbocycles. The van der Waals surface area contributed by atoms with Crippen molar-refractivity contribution in [2.24, 2.45) is 5.10 Å². The van der Waals surface area contributed by atoms with Gasteiger partial charge in [0.2, 0.25) is 0 Å². The number of nitro benzene ring substituents is 1. The molecule has 1 amide bonds. The summed E-state index contributed by atoms with van der Waals surface area (Å²) in [7, 11) is 0. The van der Waals surface area contributed by atoms with Crippen molar-refractivity contribution in [3.05, 3.63) is 70.0 Å². The largest absolute Gasteiger partial charge is 0.271 e. The molecule has 7 nitrogen and oxygen atoms in total. The standard InChI is InChI=1S/C13H10N4O3/c18-13(11-4-6-14-7-5-11)16-15-9-10-2-1-3-12(8-10)17(19)20/h1-9H,(H,16,18). The Balaban J connectivity index is 2.02. The Kier molecular flexibility index (Phi) is 4.13. The van der Waals surface area contributed by atoms with Crippen molar-refractivity contribution in [3.8, 4) is 0 Å². The van der Waals surface area contributed by atoms with Gasteiger partial charge in [0.1, 0.15) is 0 Å². The van der Waals surface area contributed by atoms with Gasteiger partial charge in [-0.05, 0) is 12.1 Å². The van der Waals surface area contributed by atoms with E-state index in [0.29, 0.717) is 11.1 Å². The van der Waals surface area contributed by atoms with Crippen molar-refractivity contribution in [1.29, 1.82) is 0 Å². The van der Waals surface area contributed by atoms with E-state index in [4.69, 9.17) is 0 Å². The number of benzene rings is 1. The summed E-state index contributed by atoms with van der Waals surface area (Å²) in [5, 5.41) is 14.4. The molecule has 0 saturated carbocycles. The first-order chi connectivity index (χ1) is 9.66. The van der Waals surface area contributed by atoms with Crippen LogP contribution < -0.4 is 5.43 Å². The van der Waals surface area contributed by atoms with E-state index in [1.807, 2.05) is 0 Å². The number of nitrogens with zero attached hydrogens (tertiary/aromatic N) is 3. The van der Waals surface area contributed by atoms with Gasteiger partial charge in [0.15, 0.2) is 0 Å². The minimum Gasteiger partial charge on any atom is -0.267 e. The molecule has 0 saturated heterocycles. The Morgan fingerprint density at radius 3 is 2.75 bits per heavy atom. The van der Waals surface area contributed by atoms with Crippen molar-refractivity contribution >= 4 is 17.8 Å². The topological polar surface area (TPSA) is 97.5 Å². The molecule has 0 aliphatic heterocycles. The molecule has 0 atom stereocenters. The molecule has 0 unspecified atom stereocenters. The summed E-state index contributed by atoms with van der Waals surface area (Å²) >= 11 is 0. The number of amides is 1. The van der Waals surface area contributed by atoms with E-state index in [0.717, 1.165) is 0 Å². The van der Waals surface area contributed by atoms with Crippen LogP contribution in [0.4, 0.5) is 5.69 Å². The number of rotatable bonds is 4. The van der Waals surface area contributed by atoms with Crippen LogP contribution in [-0.4, -0.2) is 22.0 Å². The lowest BCUT2D eigenvalue weighted by molar-refractivity contribution is -0.384. The maximum absolute atomic E-state index is 11.6. The zero-order valence-corrected chi connectivity index (χ0v) is 10.3. The summed E-state index contributed by atoms with van der Waals surface area (Å²) in [4.78, 5) is 25.6. The summed E-state index contributed by atoms with van der Waals surface area (Å²) in [6.45, 7) is 0. The molecule has 0 spiro atoms. The van der Waals surface area contributed by atoms with E-state index >= 15 is 0 Å². The molecule has 1 heterocycles. The van der Waals surface area contributed by atoms with Crippen LogP contribution in [0.3, 0.4) is 0 Å². The highest BCUT2D eigenvalue weighted by atomic mass is 16.6. The molecule has 2 rings (SSSR count). The first-order valence-corrected chi connectivity index (χ1v) is 5.65. The Labute approximate surface area is 114 Å². The summed E-state index contributed by atoms with van der Waals surface area (Å²) in [5.41, 5.74) is 3.25. The van der Waals surface area contributed by atoms with Gasteiger partial charge in [0, 0.05) is 35.7 Å². The summed E-state index contributed by atoms with van der Waals surface area (Å²) in [6.07, 6.45) is 4.34. The summed E-state index contributed by atoms with van der Waals surface area (Å²) < 4.78 is 0. The van der Waals surface area contributed by atoms with Gasteiger partial charge in [-0.2, -0.15) is 5.10 Å². The summed E-state index contributed by atoms with van der Waals surface area (Å²) in [5.74, 6) is -0.380. The van der Waals surface area contributed by atoms with Crippen molar-refractivity contribution in [2.45, 2.75) is 0 Å². The number of non-ortho nitro benzene ring substituents is 1. The monoisotopic (exact) mass is 270 g/mol. The number of hydrogen-bond acceptors (Lipinski definition) is 5. The fourth-order valence-electron chi connectivity index (χ4n) is 1.45. The van der Waals surface area contributed by atoms with E-state index in [1.54, 1.807) is 24.3 Å². The van der Waals surface area contributed by atoms with Gasteiger partial charge in [0.05, 0.1) is 11.1 Å². The van der Waals surface area contributed by atoms with Crippen LogP contribution in [0.15, 0.2) is 53.9 Å². The van der Waals surface area contributed by atoms with Gasteiger partial charge >= 0.3 is 0 Å². The smallest absolute Gasteiger partial charge is 0.267 e. The quantitative estimate of drug-likeness (QED) is 0.520. The third-order valence-electron chi connectivity index (χ3n) is 2.40. The predicted octanol–water partition coefficient (Wildman–Crippen LogP) is 1.75. The predicted molar refractivity (Wildman–Crippen MR) is 72.4 cm³/mol. The Bertz CT molecular complexity index is 656. The van der Waals surface area contributed by atoms with E-state index in [9.17, 15) is 14.9 Å². The molecule has 100 valence electrons. The van der Waals surface area contributed by atoms with Gasteiger partial charge in [-0.25, -0.2) is 5.43 Å². The molecule has 0 bridgehead atoms. The van der Waals surface area contributed by atoms with Gasteiger partial charge < -0.3 is 0 Å². The molecular weight excluding hydrogens is 260 g/mol. The van der Waals surface area contributed by atoms with Crippen molar-refractivity contribution in [1.82, 2.24) is 10.4 Å². The average Bonchev–Trinajstić information content (AvgIpc) is 2.48. The second-order valence-corrected chi connectivity index (χ2v) is 3.79. The molecular formula is C13H10N4O3. The molecule has 0 aliphatic carbocycles. The number of pyridine rings is 1. The minimum atomic E-state index is -0.493. The highest BCUT2D eigenvalue weighted by molar-refractivity contribution is 5.94. The number of nitrogens with one attached hydrogen (secondary N) is 1. The number of carbonyl (C=O) groups excluding carboxylic acids is 1. The van der Waals surface area contributed by atoms with E-state index in [-0.39, 0.29) is 11.6 Å². The zero-order valence-electron chi connectivity index (χ0n) is 10.3. The number of aromatic nitrogens is 1. The van der Waals surface area contributed by atoms with Crippen molar-refractivity contribution < 1.29 is 9.72 Å². The molecule has 0 aliphatic rings. The van der Waals surface area contributed by atoms with Crippen LogP contribution in [0.2, 0.25) is 0 Å². The second-order valence-electron chi connectivity index (χ2n) is 3.79. The fraction of sp³-hybridized carbons (Fsp3) is 0. The SMILES string of the molecule is O=C(NN=Cc1cccc([N+](=O)[O-])c1)c1ccncc1. The lowest BCUT2D eigenvalue weighted by Crippen LogP contribution is -2.17. The zero-order chi connectivity index (χ0) is 14.4. The molecule has 20 heavy (non-hydrogen) atoms. The van der Waals surface area contributed by atoms with Crippen molar-refractivity contribution in [2.75, 3.05) is 0 Å². The van der Waals surface area contributed by atoms with Crippen LogP contribution in [0.25, 0.3) is 0 Å². The van der Waals surface area contributed by atoms with Crippen LogP contribution >= 0.6 is 0 Å². The lowest BCUT2D eigenvalue weighted by Gasteiger charge is -1.98. The second kappa shape index (κ2) is 6.19.